The number of guanidine groups is 1. The van der Waals surface area contributed by atoms with Crippen molar-refractivity contribution in [3.05, 3.63) is 29.8 Å². The number of aliphatic imine (C=N–C) groups is 1. The molecular weight excluding hydrogens is 419 g/mol. The number of benzene rings is 1. The average Bonchev–Trinajstić information content (AvgIpc) is 2.51. The molecule has 136 valence electrons. The molecule has 0 aromatic heterocycles. The van der Waals surface area contributed by atoms with E-state index in [1.807, 2.05) is 31.2 Å². The second-order valence-electron chi connectivity index (χ2n) is 5.70. The molecule has 0 aliphatic carbocycles. The van der Waals surface area contributed by atoms with Gasteiger partial charge in [0.25, 0.3) is 5.91 Å². The Bertz CT molecular complexity index is 521. The summed E-state index contributed by atoms with van der Waals surface area (Å²) in [4.78, 5) is 15.7. The third kappa shape index (κ3) is 10.3. The van der Waals surface area contributed by atoms with E-state index in [0.717, 1.165) is 18.5 Å². The zero-order valence-corrected chi connectivity index (χ0v) is 17.0. The quantitative estimate of drug-likeness (QED) is 0.307. The van der Waals surface area contributed by atoms with Gasteiger partial charge >= 0.3 is 0 Å². The molecule has 0 heterocycles. The number of likely N-dealkylation sites (N-methyl/N-ethyl adjacent to an activating group) is 1. The first-order chi connectivity index (χ1) is 11.0. The molecule has 0 spiro atoms. The number of carbonyl (C=O) groups excluding carboxylic acids is 1. The van der Waals surface area contributed by atoms with Crippen LogP contribution in [0.4, 0.5) is 0 Å². The van der Waals surface area contributed by atoms with Crippen molar-refractivity contribution >= 4 is 35.8 Å². The molecule has 0 aliphatic heterocycles. The molecule has 0 atom stereocenters. The monoisotopic (exact) mass is 448 g/mol. The molecule has 6 nitrogen and oxygen atoms in total. The van der Waals surface area contributed by atoms with Gasteiger partial charge in [0.15, 0.2) is 12.6 Å². The summed E-state index contributed by atoms with van der Waals surface area (Å²) >= 11 is 0. The molecule has 0 aliphatic rings. The van der Waals surface area contributed by atoms with E-state index in [9.17, 15) is 4.79 Å². The second-order valence-corrected chi connectivity index (χ2v) is 5.70. The molecule has 7 heteroatoms. The highest BCUT2D eigenvalue weighted by atomic mass is 127. The smallest absolute Gasteiger partial charge is 0.257 e. The molecule has 0 saturated carbocycles. The first kappa shape index (κ1) is 22.5. The Labute approximate surface area is 161 Å². The van der Waals surface area contributed by atoms with Gasteiger partial charge in [0.05, 0.1) is 6.54 Å². The van der Waals surface area contributed by atoms with Gasteiger partial charge in [0, 0.05) is 13.1 Å². The molecule has 24 heavy (non-hydrogen) atoms. The van der Waals surface area contributed by atoms with Crippen molar-refractivity contribution in [1.29, 1.82) is 0 Å². The van der Waals surface area contributed by atoms with E-state index < -0.39 is 0 Å². The van der Waals surface area contributed by atoms with Crippen LogP contribution in [-0.2, 0) is 11.3 Å². The van der Waals surface area contributed by atoms with Gasteiger partial charge in [-0.3, -0.25) is 4.79 Å². The zero-order chi connectivity index (χ0) is 17.1. The van der Waals surface area contributed by atoms with Crippen LogP contribution in [0.5, 0.6) is 5.75 Å². The molecule has 1 amide bonds. The molecular formula is C17H29IN4O2. The second kappa shape index (κ2) is 12.9. The largest absolute Gasteiger partial charge is 0.484 e. The van der Waals surface area contributed by atoms with Crippen LogP contribution < -0.4 is 21.1 Å². The zero-order valence-electron chi connectivity index (χ0n) is 14.7. The Morgan fingerprint density at radius 1 is 1.33 bits per heavy atom. The maximum Gasteiger partial charge on any atom is 0.257 e. The lowest BCUT2D eigenvalue weighted by Crippen LogP contribution is -2.32. The molecule has 0 radical (unpaired) electrons. The number of halogens is 1. The molecule has 1 rings (SSSR count). The Hall–Kier alpha value is -1.51. The Morgan fingerprint density at radius 3 is 2.75 bits per heavy atom. The minimum absolute atomic E-state index is 0. The first-order valence-corrected chi connectivity index (χ1v) is 8.03. The lowest BCUT2D eigenvalue weighted by Gasteiger charge is -2.09. The highest BCUT2D eigenvalue weighted by molar-refractivity contribution is 14.0. The number of nitrogens with two attached hydrogens (primary N) is 1. The summed E-state index contributed by atoms with van der Waals surface area (Å²) in [5.41, 5.74) is 6.81. The van der Waals surface area contributed by atoms with Crippen LogP contribution in [0.1, 0.15) is 32.8 Å². The highest BCUT2D eigenvalue weighted by Gasteiger charge is 2.02. The van der Waals surface area contributed by atoms with Gasteiger partial charge in [-0.1, -0.05) is 26.0 Å². The minimum Gasteiger partial charge on any atom is -0.484 e. The van der Waals surface area contributed by atoms with Crippen LogP contribution in [-0.4, -0.2) is 31.6 Å². The third-order valence-corrected chi connectivity index (χ3v) is 3.10. The lowest BCUT2D eigenvalue weighted by molar-refractivity contribution is -0.122. The Balaban J connectivity index is 0.00000529. The number of amides is 1. The molecule has 0 saturated heterocycles. The summed E-state index contributed by atoms with van der Waals surface area (Å²) in [5, 5.41) is 5.78. The SMILES string of the molecule is CCNC(=O)COc1cccc(CN=C(N)NCCC(C)C)c1.I. The summed E-state index contributed by atoms with van der Waals surface area (Å²) in [5.74, 6) is 1.60. The van der Waals surface area contributed by atoms with E-state index in [-0.39, 0.29) is 36.5 Å². The normalized spacial score (nSPS) is 10.9. The molecule has 0 unspecified atom stereocenters. The van der Waals surface area contributed by atoms with Gasteiger partial charge in [0.2, 0.25) is 0 Å². The van der Waals surface area contributed by atoms with Crippen molar-refractivity contribution in [3.63, 3.8) is 0 Å². The number of nitrogens with zero attached hydrogens (tertiary/aromatic N) is 1. The fourth-order valence-electron chi connectivity index (χ4n) is 1.85. The first-order valence-electron chi connectivity index (χ1n) is 8.03. The molecule has 4 N–H and O–H groups in total. The van der Waals surface area contributed by atoms with Crippen molar-refractivity contribution in [2.45, 2.75) is 33.7 Å². The van der Waals surface area contributed by atoms with Gasteiger partial charge < -0.3 is 21.1 Å². The number of rotatable bonds is 9. The van der Waals surface area contributed by atoms with Crippen molar-refractivity contribution < 1.29 is 9.53 Å². The van der Waals surface area contributed by atoms with Crippen molar-refractivity contribution in [3.8, 4) is 5.75 Å². The predicted octanol–water partition coefficient (Wildman–Crippen LogP) is 2.27. The van der Waals surface area contributed by atoms with Crippen LogP contribution >= 0.6 is 24.0 Å². The number of ether oxygens (including phenoxy) is 1. The van der Waals surface area contributed by atoms with Crippen LogP contribution in [0.2, 0.25) is 0 Å². The van der Waals surface area contributed by atoms with E-state index >= 15 is 0 Å². The summed E-state index contributed by atoms with van der Waals surface area (Å²) in [6.45, 7) is 8.11. The fourth-order valence-corrected chi connectivity index (χ4v) is 1.85. The van der Waals surface area contributed by atoms with Gasteiger partial charge in [-0.05, 0) is 37.0 Å². The summed E-state index contributed by atoms with van der Waals surface area (Å²) in [7, 11) is 0. The lowest BCUT2D eigenvalue weighted by atomic mass is 10.1. The van der Waals surface area contributed by atoms with Crippen molar-refractivity contribution in [1.82, 2.24) is 10.6 Å². The maximum absolute atomic E-state index is 11.4. The summed E-state index contributed by atoms with van der Waals surface area (Å²) < 4.78 is 5.45. The number of hydrogen-bond acceptors (Lipinski definition) is 3. The molecule has 0 bridgehead atoms. The van der Waals surface area contributed by atoms with Crippen LogP contribution in [0.3, 0.4) is 0 Å². The fraction of sp³-hybridized carbons (Fsp3) is 0.529. The highest BCUT2D eigenvalue weighted by Crippen LogP contribution is 2.14. The molecule has 1 aromatic rings. The minimum atomic E-state index is -0.130. The van der Waals surface area contributed by atoms with E-state index in [0.29, 0.717) is 30.7 Å². The van der Waals surface area contributed by atoms with E-state index in [1.165, 1.54) is 0 Å². The average molecular weight is 448 g/mol. The van der Waals surface area contributed by atoms with E-state index in [2.05, 4.69) is 29.5 Å². The number of nitrogens with one attached hydrogen (secondary N) is 2. The number of hydrogen-bond donors (Lipinski definition) is 3. The van der Waals surface area contributed by atoms with Gasteiger partial charge in [-0.2, -0.15) is 0 Å². The summed E-state index contributed by atoms with van der Waals surface area (Å²) in [6, 6.07) is 7.50. The van der Waals surface area contributed by atoms with Crippen LogP contribution in [0.15, 0.2) is 29.3 Å². The van der Waals surface area contributed by atoms with Crippen LogP contribution in [0, 0.1) is 5.92 Å². The number of carbonyl (C=O) groups is 1. The topological polar surface area (TPSA) is 88.7 Å². The van der Waals surface area contributed by atoms with E-state index in [4.69, 9.17) is 10.5 Å². The molecule has 1 aromatic carbocycles. The summed E-state index contributed by atoms with van der Waals surface area (Å²) in [6.07, 6.45) is 1.05. The van der Waals surface area contributed by atoms with Gasteiger partial charge in [-0.15, -0.1) is 24.0 Å². The standard InChI is InChI=1S/C17H28N4O2.HI/c1-4-19-16(22)12-23-15-7-5-6-14(10-15)11-21-17(18)20-9-8-13(2)3;/h5-7,10,13H,4,8-9,11-12H2,1-3H3,(H,19,22)(H3,18,20,21);1H. The molecule has 0 fully saturated rings. The Kier molecular flexibility index (Phi) is 12.0. The van der Waals surface area contributed by atoms with Gasteiger partial charge in [-0.25, -0.2) is 4.99 Å². The predicted molar refractivity (Wildman–Crippen MR) is 109 cm³/mol. The maximum atomic E-state index is 11.4. The van der Waals surface area contributed by atoms with E-state index in [1.54, 1.807) is 0 Å². The third-order valence-electron chi connectivity index (χ3n) is 3.10. The van der Waals surface area contributed by atoms with Crippen molar-refractivity contribution in [2.24, 2.45) is 16.6 Å². The van der Waals surface area contributed by atoms with Gasteiger partial charge in [0.1, 0.15) is 5.75 Å². The Morgan fingerprint density at radius 2 is 2.08 bits per heavy atom. The van der Waals surface area contributed by atoms with Crippen LogP contribution in [0.25, 0.3) is 0 Å². The van der Waals surface area contributed by atoms with Crippen molar-refractivity contribution in [2.75, 3.05) is 19.7 Å².